The molecule has 1 atom stereocenters. The molecule has 0 aliphatic heterocycles. The van der Waals surface area contributed by atoms with Crippen molar-refractivity contribution in [1.82, 2.24) is 5.32 Å². The molecule has 0 spiro atoms. The predicted octanol–water partition coefficient (Wildman–Crippen LogP) is 3.91. The third-order valence-electron chi connectivity index (χ3n) is 3.30. The van der Waals surface area contributed by atoms with E-state index >= 15 is 0 Å². The zero-order valence-corrected chi connectivity index (χ0v) is 13.7. The second kappa shape index (κ2) is 6.91. The molecule has 112 valence electrons. The molecule has 0 fully saturated rings. The van der Waals surface area contributed by atoms with Crippen LogP contribution in [0.1, 0.15) is 17.2 Å². The van der Waals surface area contributed by atoms with Crippen molar-refractivity contribution in [2.24, 2.45) is 0 Å². The average molecular weight is 354 g/mol. The van der Waals surface area contributed by atoms with Gasteiger partial charge < -0.3 is 14.8 Å². The van der Waals surface area contributed by atoms with Crippen LogP contribution in [0.25, 0.3) is 0 Å². The summed E-state index contributed by atoms with van der Waals surface area (Å²) in [6.07, 6.45) is 0. The van der Waals surface area contributed by atoms with E-state index in [1.54, 1.807) is 19.2 Å². The van der Waals surface area contributed by atoms with Crippen molar-refractivity contribution in [3.63, 3.8) is 0 Å². The Morgan fingerprint density at radius 3 is 2.38 bits per heavy atom. The lowest BCUT2D eigenvalue weighted by atomic mass is 9.97. The van der Waals surface area contributed by atoms with E-state index in [0.29, 0.717) is 0 Å². The molecular weight excluding hydrogens is 337 g/mol. The first-order valence-electron chi connectivity index (χ1n) is 6.44. The van der Waals surface area contributed by atoms with Crippen LogP contribution in [0.4, 0.5) is 4.39 Å². The van der Waals surface area contributed by atoms with Crippen LogP contribution in [0, 0.1) is 5.82 Å². The molecule has 0 aromatic heterocycles. The fraction of sp³-hybridized carbons (Fsp3) is 0.250. The highest BCUT2D eigenvalue weighted by Crippen LogP contribution is 2.34. The van der Waals surface area contributed by atoms with Gasteiger partial charge in [0.1, 0.15) is 5.75 Å². The molecule has 21 heavy (non-hydrogen) atoms. The molecule has 0 saturated carbocycles. The van der Waals surface area contributed by atoms with Gasteiger partial charge in [0.05, 0.1) is 20.3 Å². The molecular formula is C16H17BrFNO2. The lowest BCUT2D eigenvalue weighted by Crippen LogP contribution is -2.18. The number of hydrogen-bond acceptors (Lipinski definition) is 3. The standard InChI is InChI=1S/C16H17BrFNO2/c1-19-16(10-4-6-13(18)15(8-10)21-3)12-9-11(17)5-7-14(12)20-2/h4-9,16,19H,1-3H3. The van der Waals surface area contributed by atoms with Crippen molar-refractivity contribution in [1.29, 1.82) is 0 Å². The van der Waals surface area contributed by atoms with Crippen LogP contribution in [0.5, 0.6) is 11.5 Å². The van der Waals surface area contributed by atoms with Crippen LogP contribution in [-0.2, 0) is 0 Å². The number of methoxy groups -OCH3 is 2. The van der Waals surface area contributed by atoms with E-state index in [1.807, 2.05) is 25.2 Å². The number of nitrogens with one attached hydrogen (secondary N) is 1. The molecule has 0 aliphatic rings. The summed E-state index contributed by atoms with van der Waals surface area (Å²) in [6.45, 7) is 0. The zero-order valence-electron chi connectivity index (χ0n) is 12.1. The molecule has 2 aromatic carbocycles. The first kappa shape index (κ1) is 15.8. The molecule has 1 unspecified atom stereocenters. The van der Waals surface area contributed by atoms with Crippen molar-refractivity contribution in [2.45, 2.75) is 6.04 Å². The molecule has 0 radical (unpaired) electrons. The Labute approximate surface area is 132 Å². The van der Waals surface area contributed by atoms with Gasteiger partial charge in [0.2, 0.25) is 0 Å². The maximum atomic E-state index is 13.6. The number of rotatable bonds is 5. The summed E-state index contributed by atoms with van der Waals surface area (Å²) in [5, 5.41) is 3.23. The summed E-state index contributed by atoms with van der Waals surface area (Å²) < 4.78 is 25.0. The lowest BCUT2D eigenvalue weighted by Gasteiger charge is -2.21. The Kier molecular flexibility index (Phi) is 5.20. The Morgan fingerprint density at radius 2 is 1.76 bits per heavy atom. The minimum Gasteiger partial charge on any atom is -0.496 e. The van der Waals surface area contributed by atoms with Crippen molar-refractivity contribution in [3.8, 4) is 11.5 Å². The molecule has 2 rings (SSSR count). The number of halogens is 2. The summed E-state index contributed by atoms with van der Waals surface area (Å²) in [6, 6.07) is 10.5. The van der Waals surface area contributed by atoms with E-state index < -0.39 is 0 Å². The van der Waals surface area contributed by atoms with Gasteiger partial charge in [0.25, 0.3) is 0 Å². The van der Waals surface area contributed by atoms with Crippen LogP contribution < -0.4 is 14.8 Å². The molecule has 0 heterocycles. The molecule has 0 saturated heterocycles. The first-order valence-corrected chi connectivity index (χ1v) is 7.24. The Bertz CT molecular complexity index is 634. The van der Waals surface area contributed by atoms with Gasteiger partial charge in [-0.1, -0.05) is 22.0 Å². The fourth-order valence-corrected chi connectivity index (χ4v) is 2.67. The Morgan fingerprint density at radius 1 is 1.05 bits per heavy atom. The second-order valence-corrected chi connectivity index (χ2v) is 5.42. The van der Waals surface area contributed by atoms with Gasteiger partial charge >= 0.3 is 0 Å². The third-order valence-corrected chi connectivity index (χ3v) is 3.79. The van der Waals surface area contributed by atoms with E-state index in [4.69, 9.17) is 9.47 Å². The normalized spacial score (nSPS) is 12.0. The quantitative estimate of drug-likeness (QED) is 0.883. The topological polar surface area (TPSA) is 30.5 Å². The van der Waals surface area contributed by atoms with Gasteiger partial charge in [0, 0.05) is 10.0 Å². The van der Waals surface area contributed by atoms with Gasteiger partial charge in [-0.2, -0.15) is 0 Å². The summed E-state index contributed by atoms with van der Waals surface area (Å²) in [5.74, 6) is 0.611. The van der Waals surface area contributed by atoms with Gasteiger partial charge in [-0.25, -0.2) is 4.39 Å². The van der Waals surface area contributed by atoms with Crippen LogP contribution in [-0.4, -0.2) is 21.3 Å². The number of benzene rings is 2. The monoisotopic (exact) mass is 353 g/mol. The first-order chi connectivity index (χ1) is 10.1. The van der Waals surface area contributed by atoms with E-state index in [0.717, 1.165) is 21.3 Å². The fourth-order valence-electron chi connectivity index (χ4n) is 2.29. The second-order valence-electron chi connectivity index (χ2n) is 4.50. The van der Waals surface area contributed by atoms with Gasteiger partial charge in [-0.15, -0.1) is 0 Å². The highest BCUT2D eigenvalue weighted by molar-refractivity contribution is 9.10. The van der Waals surface area contributed by atoms with Crippen molar-refractivity contribution >= 4 is 15.9 Å². The van der Waals surface area contributed by atoms with E-state index in [-0.39, 0.29) is 17.6 Å². The SMILES string of the molecule is CNC(c1ccc(F)c(OC)c1)c1cc(Br)ccc1OC. The maximum absolute atomic E-state index is 13.6. The minimum atomic E-state index is -0.377. The van der Waals surface area contributed by atoms with E-state index in [9.17, 15) is 4.39 Å². The summed E-state index contributed by atoms with van der Waals surface area (Å²) in [5.41, 5.74) is 1.86. The van der Waals surface area contributed by atoms with Crippen molar-refractivity contribution in [3.05, 3.63) is 57.8 Å². The van der Waals surface area contributed by atoms with Gasteiger partial charge in [0.15, 0.2) is 11.6 Å². The average Bonchev–Trinajstić information content (AvgIpc) is 2.50. The molecule has 0 bridgehead atoms. The summed E-state index contributed by atoms with van der Waals surface area (Å²) in [7, 11) is 4.93. The van der Waals surface area contributed by atoms with Crippen LogP contribution >= 0.6 is 15.9 Å². The van der Waals surface area contributed by atoms with Crippen molar-refractivity contribution < 1.29 is 13.9 Å². The number of hydrogen-bond donors (Lipinski definition) is 1. The highest BCUT2D eigenvalue weighted by Gasteiger charge is 2.18. The van der Waals surface area contributed by atoms with Crippen LogP contribution in [0.15, 0.2) is 40.9 Å². The molecule has 2 aromatic rings. The Balaban J connectivity index is 2.51. The minimum absolute atomic E-state index is 0.132. The van der Waals surface area contributed by atoms with Gasteiger partial charge in [-0.05, 0) is 42.9 Å². The lowest BCUT2D eigenvalue weighted by molar-refractivity contribution is 0.385. The molecule has 5 heteroatoms. The van der Waals surface area contributed by atoms with Crippen molar-refractivity contribution in [2.75, 3.05) is 21.3 Å². The third kappa shape index (κ3) is 3.36. The predicted molar refractivity (Wildman–Crippen MR) is 84.5 cm³/mol. The van der Waals surface area contributed by atoms with E-state index in [1.165, 1.54) is 13.2 Å². The largest absolute Gasteiger partial charge is 0.496 e. The number of ether oxygens (including phenoxy) is 2. The molecule has 0 amide bonds. The zero-order chi connectivity index (χ0) is 15.4. The van der Waals surface area contributed by atoms with Crippen LogP contribution in [0.3, 0.4) is 0 Å². The molecule has 1 N–H and O–H groups in total. The Hall–Kier alpha value is -1.59. The summed E-state index contributed by atoms with van der Waals surface area (Å²) >= 11 is 3.47. The maximum Gasteiger partial charge on any atom is 0.165 e. The summed E-state index contributed by atoms with van der Waals surface area (Å²) in [4.78, 5) is 0. The molecule has 0 aliphatic carbocycles. The molecule has 3 nitrogen and oxygen atoms in total. The van der Waals surface area contributed by atoms with Crippen LogP contribution in [0.2, 0.25) is 0 Å². The van der Waals surface area contributed by atoms with E-state index in [2.05, 4.69) is 21.2 Å². The highest BCUT2D eigenvalue weighted by atomic mass is 79.9. The smallest absolute Gasteiger partial charge is 0.165 e. The van der Waals surface area contributed by atoms with Gasteiger partial charge in [-0.3, -0.25) is 0 Å².